The van der Waals surface area contributed by atoms with Crippen molar-refractivity contribution in [3.8, 4) is 11.4 Å². The largest absolute Gasteiger partial charge is 0.309 e. The normalized spacial score (nSPS) is 11.8. The Hall–Kier alpha value is -4.30. The van der Waals surface area contributed by atoms with Crippen LogP contribution in [0.5, 0.6) is 0 Å². The van der Waals surface area contributed by atoms with Crippen LogP contribution in [0.2, 0.25) is 0 Å². The lowest BCUT2D eigenvalue weighted by Crippen LogP contribution is -2.01. The van der Waals surface area contributed by atoms with Gasteiger partial charge in [-0.05, 0) is 56.3 Å². The Morgan fingerprint density at radius 2 is 1.03 bits per heavy atom. The second kappa shape index (κ2) is 8.92. The van der Waals surface area contributed by atoms with E-state index in [-0.39, 0.29) is 0 Å². The molecule has 0 N–H and O–H groups in total. The van der Waals surface area contributed by atoms with Crippen LogP contribution in [0.25, 0.3) is 57.5 Å². The third-order valence-electron chi connectivity index (χ3n) is 6.31. The summed E-state index contributed by atoms with van der Waals surface area (Å²) in [4.78, 5) is 0. The Bertz CT molecular complexity index is 1480. The number of fused-ring (bicyclic) bond motifs is 2. The van der Waals surface area contributed by atoms with Gasteiger partial charge in [-0.2, -0.15) is 0 Å². The van der Waals surface area contributed by atoms with Crippen molar-refractivity contribution < 1.29 is 0 Å². The van der Waals surface area contributed by atoms with E-state index in [9.17, 15) is 0 Å². The van der Waals surface area contributed by atoms with Crippen molar-refractivity contribution in [3.63, 3.8) is 0 Å². The number of aromatic nitrogens is 2. The molecule has 0 spiro atoms. The van der Waals surface area contributed by atoms with Gasteiger partial charge in [0, 0.05) is 33.3 Å². The molecule has 2 nitrogen and oxygen atoms in total. The lowest BCUT2D eigenvalue weighted by atomic mass is 10.1. The average molecular weight is 441 g/mol. The smallest absolute Gasteiger partial charge is 0.0541 e. The Morgan fingerprint density at radius 1 is 0.588 bits per heavy atom. The summed E-state index contributed by atoms with van der Waals surface area (Å²) in [5.41, 5.74) is 9.12. The molecule has 0 radical (unpaired) electrons. The zero-order valence-corrected chi connectivity index (χ0v) is 19.7. The Morgan fingerprint density at radius 3 is 1.44 bits per heavy atom. The molecule has 0 fully saturated rings. The molecular formula is C32H28N2. The number of benzene rings is 3. The van der Waals surface area contributed by atoms with Crippen molar-refractivity contribution >= 4 is 46.1 Å². The number of rotatable bonds is 6. The third-order valence-corrected chi connectivity index (χ3v) is 6.31. The van der Waals surface area contributed by atoms with Crippen LogP contribution >= 0.6 is 0 Å². The molecule has 34 heavy (non-hydrogen) atoms. The minimum absolute atomic E-state index is 1.11. The molecule has 0 bridgehead atoms. The van der Waals surface area contributed by atoms with Crippen LogP contribution in [0.3, 0.4) is 0 Å². The van der Waals surface area contributed by atoms with Crippen LogP contribution in [0.15, 0.2) is 98.1 Å². The van der Waals surface area contributed by atoms with E-state index in [1.807, 2.05) is 12.2 Å². The number of hydrogen-bond acceptors (Lipinski definition) is 0. The summed E-state index contributed by atoms with van der Waals surface area (Å²) in [6.07, 6.45) is 12.4. The highest BCUT2D eigenvalue weighted by Crippen LogP contribution is 2.35. The molecule has 0 saturated carbocycles. The lowest BCUT2D eigenvalue weighted by Gasteiger charge is -2.14. The van der Waals surface area contributed by atoms with Gasteiger partial charge >= 0.3 is 0 Å². The van der Waals surface area contributed by atoms with E-state index in [0.717, 1.165) is 33.9 Å². The summed E-state index contributed by atoms with van der Waals surface area (Å²) in [6.45, 7) is 12.3. The standard InChI is InChI=1S/C32H28N2/c1-5-14-29-25(7-3)27-18-9-11-20-31(27)33(29)23-16-13-17-24(22-23)34-30(15-6-2)26(8-4)28-19-10-12-21-32(28)34/h5-22H,3-4H2,1-2H3/b14-5-,15-6-. The van der Waals surface area contributed by atoms with Crippen LogP contribution in [-0.2, 0) is 0 Å². The van der Waals surface area contributed by atoms with Gasteiger partial charge in [0.1, 0.15) is 0 Å². The number of allylic oxidation sites excluding steroid dienone is 2. The van der Waals surface area contributed by atoms with Gasteiger partial charge in [-0.25, -0.2) is 0 Å². The van der Waals surface area contributed by atoms with Gasteiger partial charge in [0.05, 0.1) is 22.4 Å². The van der Waals surface area contributed by atoms with E-state index in [2.05, 4.69) is 133 Å². The maximum Gasteiger partial charge on any atom is 0.0541 e. The average Bonchev–Trinajstić information content (AvgIpc) is 3.36. The van der Waals surface area contributed by atoms with E-state index in [0.29, 0.717) is 0 Å². The van der Waals surface area contributed by atoms with E-state index in [1.165, 1.54) is 21.8 Å². The highest BCUT2D eigenvalue weighted by atomic mass is 15.0. The fraction of sp³-hybridized carbons (Fsp3) is 0.0625. The highest BCUT2D eigenvalue weighted by molar-refractivity contribution is 5.96. The van der Waals surface area contributed by atoms with Crippen molar-refractivity contribution in [2.45, 2.75) is 13.8 Å². The van der Waals surface area contributed by atoms with Crippen molar-refractivity contribution in [3.05, 3.63) is 121 Å². The van der Waals surface area contributed by atoms with Crippen molar-refractivity contribution in [2.75, 3.05) is 0 Å². The third kappa shape index (κ3) is 3.27. The molecule has 5 rings (SSSR count). The summed E-state index contributed by atoms with van der Waals surface area (Å²) in [5, 5.41) is 2.40. The quantitative estimate of drug-likeness (QED) is 0.249. The zero-order valence-electron chi connectivity index (χ0n) is 19.7. The summed E-state index contributed by atoms with van der Waals surface area (Å²) in [5.74, 6) is 0. The van der Waals surface area contributed by atoms with E-state index < -0.39 is 0 Å². The van der Waals surface area contributed by atoms with Gasteiger partial charge in [0.25, 0.3) is 0 Å². The monoisotopic (exact) mass is 440 g/mol. The molecule has 2 aromatic heterocycles. The highest BCUT2D eigenvalue weighted by Gasteiger charge is 2.17. The van der Waals surface area contributed by atoms with Crippen LogP contribution in [0.4, 0.5) is 0 Å². The van der Waals surface area contributed by atoms with Gasteiger partial charge in [0.2, 0.25) is 0 Å². The molecular weight excluding hydrogens is 412 g/mol. The van der Waals surface area contributed by atoms with Crippen LogP contribution in [0.1, 0.15) is 36.4 Å². The predicted octanol–water partition coefficient (Wildman–Crippen LogP) is 8.93. The minimum Gasteiger partial charge on any atom is -0.309 e. The molecule has 166 valence electrons. The Kier molecular flexibility index (Phi) is 5.65. The topological polar surface area (TPSA) is 9.86 Å². The number of hydrogen-bond donors (Lipinski definition) is 0. The second-order valence-corrected chi connectivity index (χ2v) is 8.23. The fourth-order valence-corrected chi connectivity index (χ4v) is 4.97. The summed E-state index contributed by atoms with van der Waals surface area (Å²) in [6, 6.07) is 25.8. The minimum atomic E-state index is 1.11. The van der Waals surface area contributed by atoms with Gasteiger partial charge in [-0.1, -0.05) is 79.9 Å². The first-order valence-electron chi connectivity index (χ1n) is 11.6. The molecule has 2 heteroatoms. The summed E-state index contributed by atoms with van der Waals surface area (Å²) >= 11 is 0. The molecule has 2 heterocycles. The van der Waals surface area contributed by atoms with Crippen molar-refractivity contribution in [1.29, 1.82) is 0 Å². The predicted molar refractivity (Wildman–Crippen MR) is 150 cm³/mol. The van der Waals surface area contributed by atoms with E-state index in [1.54, 1.807) is 0 Å². The van der Waals surface area contributed by atoms with Gasteiger partial charge in [-0.3, -0.25) is 0 Å². The van der Waals surface area contributed by atoms with Crippen LogP contribution in [-0.4, -0.2) is 9.13 Å². The maximum atomic E-state index is 4.11. The maximum absolute atomic E-state index is 4.11. The molecule has 0 saturated heterocycles. The first kappa shape index (κ1) is 21.5. The number of nitrogens with zero attached hydrogens (tertiary/aromatic N) is 2. The summed E-state index contributed by atoms with van der Waals surface area (Å²) in [7, 11) is 0. The fourth-order valence-electron chi connectivity index (χ4n) is 4.97. The van der Waals surface area contributed by atoms with Crippen molar-refractivity contribution in [2.24, 2.45) is 0 Å². The lowest BCUT2D eigenvalue weighted by molar-refractivity contribution is 1.07. The number of para-hydroxylation sites is 2. The molecule has 0 aliphatic rings. The van der Waals surface area contributed by atoms with Gasteiger partial charge in [0.15, 0.2) is 0 Å². The molecule has 0 aliphatic carbocycles. The Labute approximate surface area is 201 Å². The summed E-state index contributed by atoms with van der Waals surface area (Å²) < 4.78 is 4.65. The Balaban J connectivity index is 1.84. The molecule has 3 aromatic carbocycles. The van der Waals surface area contributed by atoms with Gasteiger partial charge in [-0.15, -0.1) is 0 Å². The van der Waals surface area contributed by atoms with Gasteiger partial charge < -0.3 is 9.13 Å². The van der Waals surface area contributed by atoms with E-state index in [4.69, 9.17) is 0 Å². The zero-order chi connectivity index (χ0) is 23.7. The SMILES string of the molecule is C=Cc1c(/C=C\C)n(-c2cccc(-n3c(/C=C\C)c(C=C)c4ccccc43)c2)c2ccccc12. The first-order chi connectivity index (χ1) is 16.7. The van der Waals surface area contributed by atoms with E-state index >= 15 is 0 Å². The second-order valence-electron chi connectivity index (χ2n) is 8.23. The molecule has 0 atom stereocenters. The molecule has 5 aromatic rings. The molecule has 0 unspecified atom stereocenters. The first-order valence-corrected chi connectivity index (χ1v) is 11.6. The van der Waals surface area contributed by atoms with Crippen LogP contribution < -0.4 is 0 Å². The molecule has 0 amide bonds. The van der Waals surface area contributed by atoms with Crippen molar-refractivity contribution in [1.82, 2.24) is 9.13 Å². The molecule has 0 aliphatic heterocycles. The van der Waals surface area contributed by atoms with Crippen LogP contribution in [0, 0.1) is 0 Å².